The lowest BCUT2D eigenvalue weighted by Gasteiger charge is -2.34. The zero-order valence-electron chi connectivity index (χ0n) is 12.6. The standard InChI is InChI=1S/C17H27N3/c1-19-10-12-20(13-11-19)14-15-6-2-3-7-16(15)17(18)8-4-5-9-17/h2-3,6-7H,4-5,8-14,18H2,1H3. The van der Waals surface area contributed by atoms with Crippen molar-refractivity contribution in [2.45, 2.75) is 37.8 Å². The highest BCUT2D eigenvalue weighted by Gasteiger charge is 2.33. The molecule has 2 aliphatic rings. The van der Waals surface area contributed by atoms with Crippen LogP contribution in [0.15, 0.2) is 24.3 Å². The van der Waals surface area contributed by atoms with E-state index in [4.69, 9.17) is 5.73 Å². The van der Waals surface area contributed by atoms with Crippen molar-refractivity contribution in [3.63, 3.8) is 0 Å². The summed E-state index contributed by atoms with van der Waals surface area (Å²) >= 11 is 0. The van der Waals surface area contributed by atoms with Gasteiger partial charge in [0, 0.05) is 38.3 Å². The minimum atomic E-state index is -0.0663. The van der Waals surface area contributed by atoms with E-state index in [9.17, 15) is 0 Å². The Kier molecular flexibility index (Phi) is 4.11. The number of nitrogens with zero attached hydrogens (tertiary/aromatic N) is 2. The van der Waals surface area contributed by atoms with Gasteiger partial charge in [-0.05, 0) is 31.0 Å². The van der Waals surface area contributed by atoms with Crippen LogP contribution in [0.4, 0.5) is 0 Å². The highest BCUT2D eigenvalue weighted by molar-refractivity contribution is 5.34. The van der Waals surface area contributed by atoms with Crippen molar-refractivity contribution in [3.05, 3.63) is 35.4 Å². The van der Waals surface area contributed by atoms with Crippen molar-refractivity contribution in [2.24, 2.45) is 5.73 Å². The van der Waals surface area contributed by atoms with Crippen molar-refractivity contribution in [1.82, 2.24) is 9.80 Å². The third kappa shape index (κ3) is 2.90. The predicted octanol–water partition coefficient (Wildman–Crippen LogP) is 2.16. The summed E-state index contributed by atoms with van der Waals surface area (Å²) in [6.45, 7) is 5.75. The average molecular weight is 273 g/mol. The van der Waals surface area contributed by atoms with E-state index in [1.807, 2.05) is 0 Å². The van der Waals surface area contributed by atoms with Crippen LogP contribution in [0.5, 0.6) is 0 Å². The summed E-state index contributed by atoms with van der Waals surface area (Å²) in [6, 6.07) is 8.85. The molecular weight excluding hydrogens is 246 g/mol. The van der Waals surface area contributed by atoms with Crippen LogP contribution in [0.3, 0.4) is 0 Å². The molecule has 3 nitrogen and oxygen atoms in total. The molecule has 1 aromatic carbocycles. The number of benzene rings is 1. The van der Waals surface area contributed by atoms with Crippen molar-refractivity contribution in [3.8, 4) is 0 Å². The number of hydrogen-bond acceptors (Lipinski definition) is 3. The second-order valence-corrected chi connectivity index (χ2v) is 6.60. The van der Waals surface area contributed by atoms with E-state index >= 15 is 0 Å². The maximum absolute atomic E-state index is 6.68. The summed E-state index contributed by atoms with van der Waals surface area (Å²) in [5.41, 5.74) is 9.46. The Morgan fingerprint density at radius 1 is 1.05 bits per heavy atom. The molecule has 1 saturated heterocycles. The molecule has 3 heteroatoms. The van der Waals surface area contributed by atoms with Gasteiger partial charge in [-0.3, -0.25) is 4.90 Å². The molecule has 0 bridgehead atoms. The van der Waals surface area contributed by atoms with Gasteiger partial charge in [-0.25, -0.2) is 0 Å². The molecule has 3 rings (SSSR count). The van der Waals surface area contributed by atoms with Crippen LogP contribution in [0.2, 0.25) is 0 Å². The van der Waals surface area contributed by atoms with Gasteiger partial charge in [-0.1, -0.05) is 37.1 Å². The van der Waals surface area contributed by atoms with Gasteiger partial charge in [0.25, 0.3) is 0 Å². The van der Waals surface area contributed by atoms with Crippen molar-refractivity contribution in [2.75, 3.05) is 33.2 Å². The molecule has 2 fully saturated rings. The third-order valence-corrected chi connectivity index (χ3v) is 5.04. The molecule has 0 atom stereocenters. The summed E-state index contributed by atoms with van der Waals surface area (Å²) in [4.78, 5) is 4.97. The zero-order valence-corrected chi connectivity index (χ0v) is 12.6. The van der Waals surface area contributed by atoms with Crippen LogP contribution in [0.25, 0.3) is 0 Å². The number of rotatable bonds is 3. The first-order valence-corrected chi connectivity index (χ1v) is 7.96. The highest BCUT2D eigenvalue weighted by atomic mass is 15.2. The summed E-state index contributed by atoms with van der Waals surface area (Å²) in [7, 11) is 2.21. The molecular formula is C17H27N3. The molecule has 1 aliphatic heterocycles. The Bertz CT molecular complexity index is 443. The van der Waals surface area contributed by atoms with Gasteiger partial charge in [0.2, 0.25) is 0 Å². The maximum Gasteiger partial charge on any atom is 0.0412 e. The number of piperazine rings is 1. The predicted molar refractivity (Wildman–Crippen MR) is 83.5 cm³/mol. The molecule has 0 radical (unpaired) electrons. The first-order valence-electron chi connectivity index (χ1n) is 7.96. The van der Waals surface area contributed by atoms with Gasteiger partial charge in [0.15, 0.2) is 0 Å². The molecule has 0 unspecified atom stereocenters. The van der Waals surface area contributed by atoms with Gasteiger partial charge in [0.05, 0.1) is 0 Å². The molecule has 1 aromatic rings. The van der Waals surface area contributed by atoms with E-state index < -0.39 is 0 Å². The maximum atomic E-state index is 6.68. The number of likely N-dealkylation sites (N-methyl/N-ethyl adjacent to an activating group) is 1. The second-order valence-electron chi connectivity index (χ2n) is 6.60. The Morgan fingerprint density at radius 3 is 2.40 bits per heavy atom. The number of nitrogens with two attached hydrogens (primary N) is 1. The van der Waals surface area contributed by atoms with Crippen molar-refractivity contribution < 1.29 is 0 Å². The van der Waals surface area contributed by atoms with Crippen LogP contribution in [0.1, 0.15) is 36.8 Å². The molecule has 0 amide bonds. The molecule has 1 saturated carbocycles. The SMILES string of the molecule is CN1CCN(Cc2ccccc2C2(N)CCCC2)CC1. The van der Waals surface area contributed by atoms with E-state index in [0.29, 0.717) is 0 Å². The molecule has 1 heterocycles. The van der Waals surface area contributed by atoms with Gasteiger partial charge in [0.1, 0.15) is 0 Å². The molecule has 1 aliphatic carbocycles. The monoisotopic (exact) mass is 273 g/mol. The molecule has 0 aromatic heterocycles. The van der Waals surface area contributed by atoms with Gasteiger partial charge >= 0.3 is 0 Å². The quantitative estimate of drug-likeness (QED) is 0.916. The lowest BCUT2D eigenvalue weighted by atomic mass is 9.85. The minimum Gasteiger partial charge on any atom is -0.321 e. The van der Waals surface area contributed by atoms with Gasteiger partial charge in [-0.15, -0.1) is 0 Å². The van der Waals surface area contributed by atoms with Crippen LogP contribution in [0, 0.1) is 0 Å². The van der Waals surface area contributed by atoms with Crippen LogP contribution in [-0.4, -0.2) is 43.0 Å². The summed E-state index contributed by atoms with van der Waals surface area (Å²) in [5, 5.41) is 0. The summed E-state index contributed by atoms with van der Waals surface area (Å²) < 4.78 is 0. The lowest BCUT2D eigenvalue weighted by Crippen LogP contribution is -2.44. The van der Waals surface area contributed by atoms with Crippen LogP contribution < -0.4 is 5.73 Å². The van der Waals surface area contributed by atoms with Gasteiger partial charge < -0.3 is 10.6 Å². The third-order valence-electron chi connectivity index (χ3n) is 5.04. The van der Waals surface area contributed by atoms with Crippen molar-refractivity contribution >= 4 is 0 Å². The highest BCUT2D eigenvalue weighted by Crippen LogP contribution is 2.38. The Balaban J connectivity index is 1.76. The fraction of sp³-hybridized carbons (Fsp3) is 0.647. The summed E-state index contributed by atoms with van der Waals surface area (Å²) in [6.07, 6.45) is 4.85. The minimum absolute atomic E-state index is 0.0663. The van der Waals surface area contributed by atoms with E-state index in [2.05, 4.69) is 41.1 Å². The largest absolute Gasteiger partial charge is 0.321 e. The molecule has 110 valence electrons. The zero-order chi connectivity index (χ0) is 14.0. The first kappa shape index (κ1) is 14.1. The fourth-order valence-corrected chi connectivity index (χ4v) is 3.67. The molecule has 0 spiro atoms. The van der Waals surface area contributed by atoms with Crippen LogP contribution in [-0.2, 0) is 12.1 Å². The van der Waals surface area contributed by atoms with E-state index in [-0.39, 0.29) is 5.54 Å². The summed E-state index contributed by atoms with van der Waals surface area (Å²) in [5.74, 6) is 0. The topological polar surface area (TPSA) is 32.5 Å². The van der Waals surface area contributed by atoms with Crippen LogP contribution >= 0.6 is 0 Å². The fourth-order valence-electron chi connectivity index (χ4n) is 3.67. The first-order chi connectivity index (χ1) is 9.67. The van der Waals surface area contributed by atoms with E-state index in [0.717, 1.165) is 19.4 Å². The Hall–Kier alpha value is -0.900. The Labute approximate surface area is 122 Å². The van der Waals surface area contributed by atoms with E-state index in [1.54, 1.807) is 0 Å². The van der Waals surface area contributed by atoms with Gasteiger partial charge in [-0.2, -0.15) is 0 Å². The second kappa shape index (κ2) is 5.84. The lowest BCUT2D eigenvalue weighted by molar-refractivity contribution is 0.147. The Morgan fingerprint density at radius 2 is 1.70 bits per heavy atom. The smallest absolute Gasteiger partial charge is 0.0412 e. The normalized spacial score (nSPS) is 24.1. The molecule has 2 N–H and O–H groups in total. The van der Waals surface area contributed by atoms with E-state index in [1.165, 1.54) is 50.1 Å². The number of hydrogen-bond donors (Lipinski definition) is 1. The molecule has 20 heavy (non-hydrogen) atoms. The average Bonchev–Trinajstić information content (AvgIpc) is 2.90. The van der Waals surface area contributed by atoms with Crippen molar-refractivity contribution in [1.29, 1.82) is 0 Å².